The lowest BCUT2D eigenvalue weighted by Gasteiger charge is -2.04. The van der Waals surface area contributed by atoms with Gasteiger partial charge in [0.1, 0.15) is 0 Å². The maximum atomic E-state index is 12.0. The van der Waals surface area contributed by atoms with Gasteiger partial charge in [0.15, 0.2) is 0 Å². The fourth-order valence-corrected chi connectivity index (χ4v) is 1.60. The van der Waals surface area contributed by atoms with Gasteiger partial charge >= 0.3 is 5.69 Å². The molecule has 0 bridgehead atoms. The summed E-state index contributed by atoms with van der Waals surface area (Å²) in [4.78, 5) is 37.7. The minimum atomic E-state index is -0.757. The molecule has 6 nitrogen and oxygen atoms in total. The Bertz CT molecular complexity index is 697. The zero-order valence-corrected chi connectivity index (χ0v) is 9.64. The van der Waals surface area contributed by atoms with E-state index in [0.29, 0.717) is 15.9 Å². The Kier molecular flexibility index (Phi) is 2.85. The Morgan fingerprint density at radius 2 is 2.00 bits per heavy atom. The minimum Gasteiger partial charge on any atom is -0.399 e. The number of carbonyl (C=O) groups is 1. The number of hydrogen-bond donors (Lipinski definition) is 2. The number of anilines is 1. The van der Waals surface area contributed by atoms with Crippen molar-refractivity contribution in [1.29, 1.82) is 0 Å². The van der Waals surface area contributed by atoms with Crippen molar-refractivity contribution in [3.8, 4) is 0 Å². The van der Waals surface area contributed by atoms with Gasteiger partial charge in [-0.15, -0.1) is 0 Å². The second-order valence-electron chi connectivity index (χ2n) is 3.86. The lowest BCUT2D eigenvalue weighted by Crippen LogP contribution is -2.40. The number of aromatic nitrogens is 2. The first kappa shape index (κ1) is 11.8. The van der Waals surface area contributed by atoms with Gasteiger partial charge in [0.2, 0.25) is 0 Å². The molecule has 1 heterocycles. The molecule has 0 radical (unpaired) electrons. The van der Waals surface area contributed by atoms with E-state index in [0.717, 1.165) is 0 Å². The van der Waals surface area contributed by atoms with Crippen LogP contribution < -0.4 is 17.0 Å². The Morgan fingerprint density at radius 3 is 2.61 bits per heavy atom. The fraction of sp³-hybridized carbons (Fsp3) is 0.0833. The van der Waals surface area contributed by atoms with Crippen molar-refractivity contribution in [1.82, 2.24) is 9.55 Å². The van der Waals surface area contributed by atoms with Crippen molar-refractivity contribution in [2.75, 3.05) is 5.73 Å². The number of nitrogens with two attached hydrogens (primary N) is 1. The van der Waals surface area contributed by atoms with Crippen LogP contribution in [0.15, 0.2) is 39.9 Å². The molecule has 0 aliphatic carbocycles. The predicted octanol–water partition coefficient (Wildman–Crippen LogP) is 0.116. The molecular formula is C12H11N3O3. The molecule has 18 heavy (non-hydrogen) atoms. The first-order chi connectivity index (χ1) is 8.49. The average Bonchev–Trinajstić information content (AvgIpc) is 2.27. The molecule has 1 aromatic heterocycles. The van der Waals surface area contributed by atoms with E-state index in [4.69, 9.17) is 5.73 Å². The molecule has 0 aliphatic heterocycles. The molecule has 2 aromatic rings. The topological polar surface area (TPSA) is 97.9 Å². The van der Waals surface area contributed by atoms with Gasteiger partial charge in [-0.2, -0.15) is 4.57 Å². The molecule has 0 fully saturated rings. The number of aromatic amines is 1. The van der Waals surface area contributed by atoms with Crippen LogP contribution in [0.1, 0.15) is 16.1 Å². The van der Waals surface area contributed by atoms with Crippen LogP contribution in [0.4, 0.5) is 5.69 Å². The van der Waals surface area contributed by atoms with E-state index < -0.39 is 17.2 Å². The highest BCUT2D eigenvalue weighted by Gasteiger charge is 2.13. The van der Waals surface area contributed by atoms with Crippen LogP contribution in [0.5, 0.6) is 0 Å². The number of nitrogen functional groups attached to an aromatic ring is 1. The van der Waals surface area contributed by atoms with Gasteiger partial charge < -0.3 is 10.7 Å². The predicted molar refractivity (Wildman–Crippen MR) is 66.6 cm³/mol. The van der Waals surface area contributed by atoms with Gasteiger partial charge in [0.25, 0.3) is 11.5 Å². The van der Waals surface area contributed by atoms with Gasteiger partial charge in [-0.25, -0.2) is 4.79 Å². The zero-order chi connectivity index (χ0) is 13.3. The number of hydrogen-bond acceptors (Lipinski definition) is 4. The zero-order valence-electron chi connectivity index (χ0n) is 9.64. The number of H-pyrrole nitrogens is 1. The molecule has 0 unspecified atom stereocenters. The summed E-state index contributed by atoms with van der Waals surface area (Å²) >= 11 is 0. The maximum absolute atomic E-state index is 12.0. The van der Waals surface area contributed by atoms with Gasteiger partial charge in [0, 0.05) is 23.0 Å². The van der Waals surface area contributed by atoms with Crippen molar-refractivity contribution in [3.63, 3.8) is 0 Å². The van der Waals surface area contributed by atoms with E-state index in [2.05, 4.69) is 4.98 Å². The van der Waals surface area contributed by atoms with Crippen LogP contribution in [0.3, 0.4) is 0 Å². The highest BCUT2D eigenvalue weighted by Crippen LogP contribution is 2.06. The molecule has 0 saturated carbocycles. The smallest absolute Gasteiger partial charge is 0.335 e. The van der Waals surface area contributed by atoms with Crippen LogP contribution in [0, 0.1) is 6.92 Å². The van der Waals surface area contributed by atoms with Gasteiger partial charge in [-0.3, -0.25) is 9.59 Å². The molecule has 3 N–H and O–H groups in total. The molecule has 0 atom stereocenters. The van der Waals surface area contributed by atoms with Crippen LogP contribution in [0.25, 0.3) is 0 Å². The quantitative estimate of drug-likeness (QED) is 0.697. The van der Waals surface area contributed by atoms with Crippen LogP contribution >= 0.6 is 0 Å². The third kappa shape index (κ3) is 2.08. The molecular weight excluding hydrogens is 234 g/mol. The summed E-state index contributed by atoms with van der Waals surface area (Å²) in [5.74, 6) is -0.700. The molecule has 1 aromatic carbocycles. The van der Waals surface area contributed by atoms with Crippen LogP contribution in [0.2, 0.25) is 0 Å². The summed E-state index contributed by atoms with van der Waals surface area (Å²) in [6, 6.07) is 7.28. The largest absolute Gasteiger partial charge is 0.399 e. The van der Waals surface area contributed by atoms with Crippen molar-refractivity contribution in [3.05, 3.63) is 62.4 Å². The normalized spacial score (nSPS) is 10.3. The van der Waals surface area contributed by atoms with Crippen LogP contribution in [-0.2, 0) is 0 Å². The van der Waals surface area contributed by atoms with E-state index in [1.165, 1.54) is 18.2 Å². The Hall–Kier alpha value is -2.63. The first-order valence-electron chi connectivity index (χ1n) is 5.22. The Balaban J connectivity index is 2.61. The summed E-state index contributed by atoms with van der Waals surface area (Å²) < 4.78 is 0.543. The van der Waals surface area contributed by atoms with Crippen molar-refractivity contribution in [2.45, 2.75) is 6.92 Å². The molecule has 0 spiro atoms. The lowest BCUT2D eigenvalue weighted by atomic mass is 10.2. The summed E-state index contributed by atoms with van der Waals surface area (Å²) in [6.07, 6.45) is 0. The molecule has 0 saturated heterocycles. The van der Waals surface area contributed by atoms with Gasteiger partial charge in [0.05, 0.1) is 0 Å². The maximum Gasteiger partial charge on any atom is 0.335 e. The minimum absolute atomic E-state index is 0.187. The van der Waals surface area contributed by atoms with E-state index in [1.54, 1.807) is 19.1 Å². The van der Waals surface area contributed by atoms with E-state index in [1.807, 2.05) is 0 Å². The number of aryl methyl sites for hydroxylation is 1. The van der Waals surface area contributed by atoms with E-state index in [9.17, 15) is 14.4 Å². The first-order valence-corrected chi connectivity index (χ1v) is 5.22. The van der Waals surface area contributed by atoms with E-state index in [-0.39, 0.29) is 5.56 Å². The molecule has 0 amide bonds. The third-order valence-electron chi connectivity index (χ3n) is 2.40. The molecule has 2 rings (SSSR count). The highest BCUT2D eigenvalue weighted by atomic mass is 16.2. The number of nitrogens with zero attached hydrogens (tertiary/aromatic N) is 1. The van der Waals surface area contributed by atoms with Crippen LogP contribution in [-0.4, -0.2) is 15.5 Å². The number of benzene rings is 1. The number of rotatable bonds is 1. The Morgan fingerprint density at radius 1 is 1.28 bits per heavy atom. The fourth-order valence-electron chi connectivity index (χ4n) is 1.60. The highest BCUT2D eigenvalue weighted by molar-refractivity contribution is 5.96. The summed E-state index contributed by atoms with van der Waals surface area (Å²) in [5, 5.41) is 0. The Labute approximate surface area is 102 Å². The second kappa shape index (κ2) is 4.33. The summed E-state index contributed by atoms with van der Waals surface area (Å²) in [5.41, 5.74) is 5.11. The molecule has 92 valence electrons. The van der Waals surface area contributed by atoms with Gasteiger partial charge in [-0.05, 0) is 25.1 Å². The van der Waals surface area contributed by atoms with Gasteiger partial charge in [-0.1, -0.05) is 6.07 Å². The number of carbonyl (C=O) groups excluding carboxylic acids is 1. The van der Waals surface area contributed by atoms with Crippen molar-refractivity contribution in [2.24, 2.45) is 0 Å². The SMILES string of the molecule is Cc1cc(=O)n(C(=O)c2cccc(N)c2)c(=O)[nH]1. The summed E-state index contributed by atoms with van der Waals surface area (Å²) in [6.45, 7) is 1.57. The molecule has 6 heteroatoms. The van der Waals surface area contributed by atoms with Crippen molar-refractivity contribution >= 4 is 11.6 Å². The summed E-state index contributed by atoms with van der Waals surface area (Å²) in [7, 11) is 0. The van der Waals surface area contributed by atoms with E-state index >= 15 is 0 Å². The van der Waals surface area contributed by atoms with Crippen molar-refractivity contribution < 1.29 is 4.79 Å². The lowest BCUT2D eigenvalue weighted by molar-refractivity contribution is 0.0950. The third-order valence-corrected chi connectivity index (χ3v) is 2.40. The second-order valence-corrected chi connectivity index (χ2v) is 3.86. The number of nitrogens with one attached hydrogen (secondary N) is 1. The molecule has 0 aliphatic rings. The standard InChI is InChI=1S/C12H11N3O3/c1-7-5-10(16)15(12(18)14-7)11(17)8-3-2-4-9(13)6-8/h2-6H,13H2,1H3,(H,14,18). The monoisotopic (exact) mass is 245 g/mol. The average molecular weight is 245 g/mol.